The summed E-state index contributed by atoms with van der Waals surface area (Å²) in [6.45, 7) is 2.31. The molecule has 0 aliphatic heterocycles. The SMILES string of the molecule is CCOc1ccc(C(=O)Nc2cc(C(=O)OC)ccc2Cl)cc1Cl. The molecular weight excluding hydrogens is 353 g/mol. The van der Waals surface area contributed by atoms with Crippen molar-refractivity contribution in [3.8, 4) is 5.75 Å². The summed E-state index contributed by atoms with van der Waals surface area (Å²) in [7, 11) is 1.27. The number of carbonyl (C=O) groups excluding carboxylic acids is 2. The van der Waals surface area contributed by atoms with E-state index in [1.54, 1.807) is 12.1 Å². The van der Waals surface area contributed by atoms with Crippen molar-refractivity contribution in [1.82, 2.24) is 0 Å². The highest BCUT2D eigenvalue weighted by Gasteiger charge is 2.14. The maximum atomic E-state index is 12.4. The second kappa shape index (κ2) is 8.04. The Bertz CT molecular complexity index is 777. The average molecular weight is 368 g/mol. The molecule has 2 aromatic rings. The highest BCUT2D eigenvalue weighted by molar-refractivity contribution is 6.34. The molecule has 0 spiro atoms. The molecule has 0 unspecified atom stereocenters. The Labute approximate surface area is 149 Å². The second-order valence-electron chi connectivity index (χ2n) is 4.72. The first-order chi connectivity index (χ1) is 11.5. The van der Waals surface area contributed by atoms with Crippen LogP contribution < -0.4 is 10.1 Å². The predicted molar refractivity (Wildman–Crippen MR) is 93.4 cm³/mol. The quantitative estimate of drug-likeness (QED) is 0.793. The average Bonchev–Trinajstić information content (AvgIpc) is 2.58. The van der Waals surface area contributed by atoms with Gasteiger partial charge in [0.15, 0.2) is 0 Å². The van der Waals surface area contributed by atoms with Crippen molar-refractivity contribution in [3.05, 3.63) is 57.6 Å². The van der Waals surface area contributed by atoms with Gasteiger partial charge in [0.1, 0.15) is 5.75 Å². The van der Waals surface area contributed by atoms with Crippen LogP contribution in [0.2, 0.25) is 10.0 Å². The number of hydrogen-bond donors (Lipinski definition) is 1. The maximum absolute atomic E-state index is 12.4. The van der Waals surface area contributed by atoms with Gasteiger partial charge in [-0.15, -0.1) is 0 Å². The number of benzene rings is 2. The van der Waals surface area contributed by atoms with Gasteiger partial charge in [0.25, 0.3) is 5.91 Å². The van der Waals surface area contributed by atoms with Crippen LogP contribution in [0.1, 0.15) is 27.6 Å². The molecule has 0 aromatic heterocycles. The predicted octanol–water partition coefficient (Wildman–Crippen LogP) is 4.43. The molecule has 0 aliphatic carbocycles. The van der Waals surface area contributed by atoms with Crippen molar-refractivity contribution in [2.24, 2.45) is 0 Å². The van der Waals surface area contributed by atoms with E-state index in [1.165, 1.54) is 31.4 Å². The lowest BCUT2D eigenvalue weighted by Gasteiger charge is -2.10. The fourth-order valence-electron chi connectivity index (χ4n) is 1.98. The number of carbonyl (C=O) groups is 2. The largest absolute Gasteiger partial charge is 0.492 e. The maximum Gasteiger partial charge on any atom is 0.337 e. The molecule has 1 amide bonds. The summed E-state index contributed by atoms with van der Waals surface area (Å²) < 4.78 is 9.97. The number of amides is 1. The van der Waals surface area contributed by atoms with E-state index < -0.39 is 11.9 Å². The molecule has 126 valence electrons. The van der Waals surface area contributed by atoms with Crippen LogP contribution in [-0.2, 0) is 4.74 Å². The summed E-state index contributed by atoms with van der Waals surface area (Å²) in [5.74, 6) is -0.434. The topological polar surface area (TPSA) is 64.6 Å². The van der Waals surface area contributed by atoms with Gasteiger partial charge in [-0.05, 0) is 43.3 Å². The van der Waals surface area contributed by atoms with Crippen molar-refractivity contribution in [3.63, 3.8) is 0 Å². The summed E-state index contributed by atoms with van der Waals surface area (Å²) in [6.07, 6.45) is 0. The van der Waals surface area contributed by atoms with Crippen LogP contribution in [-0.4, -0.2) is 25.6 Å². The van der Waals surface area contributed by atoms with Crippen LogP contribution in [0.4, 0.5) is 5.69 Å². The van der Waals surface area contributed by atoms with Gasteiger partial charge in [-0.2, -0.15) is 0 Å². The molecule has 0 saturated carbocycles. The van der Waals surface area contributed by atoms with Gasteiger partial charge in [-0.3, -0.25) is 4.79 Å². The second-order valence-corrected chi connectivity index (χ2v) is 5.53. The fourth-order valence-corrected chi connectivity index (χ4v) is 2.37. The van der Waals surface area contributed by atoms with Crippen LogP contribution in [0.15, 0.2) is 36.4 Å². The van der Waals surface area contributed by atoms with Crippen LogP contribution in [0.3, 0.4) is 0 Å². The van der Waals surface area contributed by atoms with Gasteiger partial charge in [0.05, 0.1) is 35.0 Å². The minimum absolute atomic E-state index is 0.280. The Morgan fingerprint density at radius 1 is 1.04 bits per heavy atom. The molecule has 0 bridgehead atoms. The zero-order chi connectivity index (χ0) is 17.7. The first-order valence-corrected chi connectivity index (χ1v) is 7.83. The lowest BCUT2D eigenvalue weighted by atomic mass is 10.1. The van der Waals surface area contributed by atoms with E-state index in [-0.39, 0.29) is 5.56 Å². The Balaban J connectivity index is 2.23. The zero-order valence-electron chi connectivity index (χ0n) is 13.1. The number of hydrogen-bond acceptors (Lipinski definition) is 4. The third-order valence-electron chi connectivity index (χ3n) is 3.13. The lowest BCUT2D eigenvalue weighted by Crippen LogP contribution is -2.13. The molecule has 5 nitrogen and oxygen atoms in total. The monoisotopic (exact) mass is 367 g/mol. The molecule has 0 atom stereocenters. The van der Waals surface area contributed by atoms with Gasteiger partial charge in [0, 0.05) is 5.56 Å². The Kier molecular flexibility index (Phi) is 6.06. The molecule has 1 N–H and O–H groups in total. The van der Waals surface area contributed by atoms with Crippen LogP contribution in [0, 0.1) is 0 Å². The minimum Gasteiger partial charge on any atom is -0.492 e. The van der Waals surface area contributed by atoms with Crippen molar-refractivity contribution in [2.75, 3.05) is 19.0 Å². The van der Waals surface area contributed by atoms with Gasteiger partial charge >= 0.3 is 5.97 Å². The minimum atomic E-state index is -0.522. The molecule has 0 fully saturated rings. The normalized spacial score (nSPS) is 10.2. The Morgan fingerprint density at radius 3 is 2.38 bits per heavy atom. The number of ether oxygens (including phenoxy) is 2. The molecule has 0 saturated heterocycles. The molecule has 0 aliphatic rings. The van der Waals surface area contributed by atoms with Crippen molar-refractivity contribution in [1.29, 1.82) is 0 Å². The van der Waals surface area contributed by atoms with Crippen LogP contribution in [0.25, 0.3) is 0 Å². The molecule has 2 aromatic carbocycles. The van der Waals surface area contributed by atoms with Crippen LogP contribution >= 0.6 is 23.2 Å². The van der Waals surface area contributed by atoms with Crippen molar-refractivity contribution < 1.29 is 19.1 Å². The highest BCUT2D eigenvalue weighted by atomic mass is 35.5. The fraction of sp³-hybridized carbons (Fsp3) is 0.176. The first-order valence-electron chi connectivity index (χ1n) is 7.07. The first kappa shape index (κ1) is 18.1. The third kappa shape index (κ3) is 4.19. The molecule has 7 heteroatoms. The molecule has 24 heavy (non-hydrogen) atoms. The number of rotatable bonds is 5. The number of anilines is 1. The van der Waals surface area contributed by atoms with E-state index in [0.29, 0.717) is 33.7 Å². The molecule has 2 rings (SSSR count). The van der Waals surface area contributed by atoms with E-state index in [4.69, 9.17) is 27.9 Å². The number of methoxy groups -OCH3 is 1. The smallest absolute Gasteiger partial charge is 0.337 e. The van der Waals surface area contributed by atoms with Gasteiger partial charge in [-0.25, -0.2) is 4.79 Å². The summed E-state index contributed by atoms with van der Waals surface area (Å²) in [5.41, 5.74) is 0.916. The zero-order valence-corrected chi connectivity index (χ0v) is 14.6. The van der Waals surface area contributed by atoms with Crippen molar-refractivity contribution >= 4 is 40.8 Å². The van der Waals surface area contributed by atoms with Gasteiger partial charge in [-0.1, -0.05) is 23.2 Å². The summed E-state index contributed by atoms with van der Waals surface area (Å²) in [6, 6.07) is 9.17. The van der Waals surface area contributed by atoms with E-state index >= 15 is 0 Å². The lowest BCUT2D eigenvalue weighted by molar-refractivity contribution is 0.0600. The number of esters is 1. The summed E-state index contributed by atoms with van der Waals surface area (Å²) in [4.78, 5) is 23.9. The summed E-state index contributed by atoms with van der Waals surface area (Å²) >= 11 is 12.1. The van der Waals surface area contributed by atoms with E-state index in [0.717, 1.165) is 0 Å². The van der Waals surface area contributed by atoms with Gasteiger partial charge in [0.2, 0.25) is 0 Å². The van der Waals surface area contributed by atoms with E-state index in [2.05, 4.69) is 10.1 Å². The van der Waals surface area contributed by atoms with Crippen molar-refractivity contribution in [2.45, 2.75) is 6.92 Å². The number of nitrogens with one attached hydrogen (secondary N) is 1. The Morgan fingerprint density at radius 2 is 1.75 bits per heavy atom. The highest BCUT2D eigenvalue weighted by Crippen LogP contribution is 2.27. The van der Waals surface area contributed by atoms with E-state index in [9.17, 15) is 9.59 Å². The third-order valence-corrected chi connectivity index (χ3v) is 3.75. The van der Waals surface area contributed by atoms with E-state index in [1.807, 2.05) is 6.92 Å². The summed E-state index contributed by atoms with van der Waals surface area (Å²) in [5, 5.41) is 3.28. The number of halogens is 2. The molecule has 0 heterocycles. The van der Waals surface area contributed by atoms with Crippen LogP contribution in [0.5, 0.6) is 5.75 Å². The Hall–Kier alpha value is -2.24. The standard InChI is InChI=1S/C17H15Cl2NO4/c1-3-24-15-7-5-10(8-13(15)19)16(21)20-14-9-11(17(22)23-2)4-6-12(14)18/h4-9H,3H2,1-2H3,(H,20,21). The molecular formula is C17H15Cl2NO4. The van der Waals surface area contributed by atoms with Gasteiger partial charge < -0.3 is 14.8 Å². The molecule has 0 radical (unpaired) electrons.